The maximum Gasteiger partial charge on any atom is 0.274 e. The first kappa shape index (κ1) is 17.3. The first-order valence-electron chi connectivity index (χ1n) is 9.02. The quantitative estimate of drug-likeness (QED) is 0.690. The molecular weight excluding hydrogens is 344 g/mol. The monoisotopic (exact) mass is 366 g/mol. The van der Waals surface area contributed by atoms with E-state index in [1.54, 1.807) is 6.07 Å². The highest BCUT2D eigenvalue weighted by molar-refractivity contribution is 5.92. The number of carbonyl (C=O) groups excluding carboxylic acids is 1. The predicted molar refractivity (Wildman–Crippen MR) is 99.8 cm³/mol. The molecule has 0 radical (unpaired) electrons. The van der Waals surface area contributed by atoms with Crippen LogP contribution in [0.2, 0.25) is 0 Å². The molecule has 9 heteroatoms. The average Bonchev–Trinajstić information content (AvgIpc) is 3.10. The highest BCUT2D eigenvalue weighted by Crippen LogP contribution is 2.27. The van der Waals surface area contributed by atoms with Crippen LogP contribution in [0, 0.1) is 6.92 Å². The molecule has 1 fully saturated rings. The summed E-state index contributed by atoms with van der Waals surface area (Å²) in [6, 6.07) is 7.39. The molecule has 0 spiro atoms. The molecule has 0 saturated carbocycles. The van der Waals surface area contributed by atoms with Crippen molar-refractivity contribution in [3.63, 3.8) is 0 Å². The van der Waals surface area contributed by atoms with Crippen molar-refractivity contribution in [2.45, 2.75) is 25.7 Å². The molecule has 0 bridgehead atoms. The van der Waals surface area contributed by atoms with Crippen LogP contribution in [0.3, 0.4) is 0 Å². The zero-order chi connectivity index (χ0) is 19.0. The van der Waals surface area contributed by atoms with Crippen molar-refractivity contribution >= 4 is 17.4 Å². The molecule has 0 atom stereocenters. The third-order valence-electron chi connectivity index (χ3n) is 4.90. The predicted octanol–water partition coefficient (Wildman–Crippen LogP) is 1.31. The molecule has 1 amide bonds. The summed E-state index contributed by atoms with van der Waals surface area (Å²) in [5, 5.41) is 21.2. The fourth-order valence-electron chi connectivity index (χ4n) is 3.33. The number of fused-ring (bicyclic) bond motifs is 1. The number of likely N-dealkylation sites (tertiary alicyclic amines) is 1. The number of hydrogen-bond donors (Lipinski definition) is 0. The highest BCUT2D eigenvalue weighted by Gasteiger charge is 2.28. The Hall–Kier alpha value is -3.10. The molecule has 3 aromatic heterocycles. The van der Waals surface area contributed by atoms with Crippen molar-refractivity contribution in [2.75, 3.05) is 32.1 Å². The van der Waals surface area contributed by atoms with Crippen LogP contribution >= 0.6 is 0 Å². The second-order valence-electron chi connectivity index (χ2n) is 7.04. The third-order valence-corrected chi connectivity index (χ3v) is 4.90. The van der Waals surface area contributed by atoms with Gasteiger partial charge in [0.15, 0.2) is 23.0 Å². The molecule has 9 nitrogen and oxygen atoms in total. The third kappa shape index (κ3) is 3.32. The number of anilines is 1. The molecule has 0 N–H and O–H groups in total. The van der Waals surface area contributed by atoms with Gasteiger partial charge < -0.3 is 9.80 Å². The van der Waals surface area contributed by atoms with E-state index in [4.69, 9.17) is 0 Å². The molecule has 0 aromatic carbocycles. The number of hydrogen-bond acceptors (Lipinski definition) is 7. The minimum absolute atomic E-state index is 0.0775. The summed E-state index contributed by atoms with van der Waals surface area (Å²) < 4.78 is 1.82. The van der Waals surface area contributed by atoms with Gasteiger partial charge in [-0.2, -0.15) is 9.61 Å². The van der Waals surface area contributed by atoms with Gasteiger partial charge in [0.2, 0.25) is 0 Å². The van der Waals surface area contributed by atoms with Gasteiger partial charge in [-0.15, -0.1) is 20.4 Å². The van der Waals surface area contributed by atoms with E-state index < -0.39 is 0 Å². The van der Waals surface area contributed by atoms with E-state index >= 15 is 0 Å². The Morgan fingerprint density at radius 1 is 1.04 bits per heavy atom. The van der Waals surface area contributed by atoms with Crippen LogP contribution in [0.5, 0.6) is 0 Å². The van der Waals surface area contributed by atoms with Crippen molar-refractivity contribution in [1.82, 2.24) is 34.9 Å². The Bertz CT molecular complexity index is 957. The van der Waals surface area contributed by atoms with E-state index in [0.717, 1.165) is 35.8 Å². The lowest BCUT2D eigenvalue weighted by Gasteiger charge is -2.30. The van der Waals surface area contributed by atoms with Crippen LogP contribution in [0.25, 0.3) is 5.65 Å². The van der Waals surface area contributed by atoms with Crippen molar-refractivity contribution in [3.05, 3.63) is 41.5 Å². The normalized spacial score (nSPS) is 15.3. The van der Waals surface area contributed by atoms with E-state index in [-0.39, 0.29) is 11.8 Å². The molecule has 27 heavy (non-hydrogen) atoms. The van der Waals surface area contributed by atoms with Gasteiger partial charge in [0.1, 0.15) is 0 Å². The van der Waals surface area contributed by atoms with Crippen molar-refractivity contribution < 1.29 is 4.79 Å². The number of carbonyl (C=O) groups is 1. The number of piperidine rings is 1. The number of aromatic nitrogens is 6. The van der Waals surface area contributed by atoms with Gasteiger partial charge in [-0.3, -0.25) is 4.79 Å². The molecule has 4 rings (SSSR count). The molecule has 4 heterocycles. The number of nitrogens with zero attached hydrogens (tertiary/aromatic N) is 8. The summed E-state index contributed by atoms with van der Waals surface area (Å²) in [5.74, 6) is 1.76. The Balaban J connectivity index is 1.45. The Morgan fingerprint density at radius 3 is 2.48 bits per heavy atom. The van der Waals surface area contributed by atoms with Crippen LogP contribution in [0.15, 0.2) is 24.3 Å². The van der Waals surface area contributed by atoms with Crippen molar-refractivity contribution in [2.24, 2.45) is 0 Å². The van der Waals surface area contributed by atoms with E-state index in [1.165, 1.54) is 0 Å². The maximum atomic E-state index is 12.7. The van der Waals surface area contributed by atoms with Gasteiger partial charge in [0, 0.05) is 33.1 Å². The number of rotatable bonds is 3. The first-order chi connectivity index (χ1) is 13.0. The van der Waals surface area contributed by atoms with Gasteiger partial charge >= 0.3 is 0 Å². The van der Waals surface area contributed by atoms with Crippen LogP contribution in [0.4, 0.5) is 5.82 Å². The molecule has 1 saturated heterocycles. The standard InChI is InChI=1S/C18H22N8O/c1-12-4-6-16-21-22-17(26(16)23-12)13-8-10-25(11-9-13)18(27)14-5-7-15(20-19-14)24(2)3/h4-7,13H,8-11H2,1-3H3. The lowest BCUT2D eigenvalue weighted by Crippen LogP contribution is -2.38. The smallest absolute Gasteiger partial charge is 0.274 e. The molecular formula is C18H22N8O. The summed E-state index contributed by atoms with van der Waals surface area (Å²) in [6.45, 7) is 3.26. The van der Waals surface area contributed by atoms with Crippen LogP contribution < -0.4 is 4.90 Å². The summed E-state index contributed by atoms with van der Waals surface area (Å²) in [4.78, 5) is 16.4. The average molecular weight is 366 g/mol. The SMILES string of the molecule is Cc1ccc2nnc(C3CCN(C(=O)c4ccc(N(C)C)nn4)CC3)n2n1. The summed E-state index contributed by atoms with van der Waals surface area (Å²) in [5.41, 5.74) is 2.06. The highest BCUT2D eigenvalue weighted by atomic mass is 16.2. The number of amides is 1. The topological polar surface area (TPSA) is 92.4 Å². The molecule has 0 aliphatic carbocycles. The maximum absolute atomic E-state index is 12.7. The lowest BCUT2D eigenvalue weighted by molar-refractivity contribution is 0.0703. The molecule has 3 aromatic rings. The second-order valence-corrected chi connectivity index (χ2v) is 7.04. The van der Waals surface area contributed by atoms with Gasteiger partial charge in [-0.1, -0.05) is 0 Å². The van der Waals surface area contributed by atoms with Gasteiger partial charge in [-0.25, -0.2) is 0 Å². The molecule has 140 valence electrons. The van der Waals surface area contributed by atoms with E-state index in [9.17, 15) is 4.79 Å². The summed E-state index contributed by atoms with van der Waals surface area (Å²) >= 11 is 0. The van der Waals surface area contributed by atoms with Crippen LogP contribution in [0.1, 0.15) is 40.8 Å². The molecule has 0 unspecified atom stereocenters. The summed E-state index contributed by atoms with van der Waals surface area (Å²) in [7, 11) is 3.78. The van der Waals surface area contributed by atoms with E-state index in [2.05, 4.69) is 25.5 Å². The fourth-order valence-corrected chi connectivity index (χ4v) is 3.33. The van der Waals surface area contributed by atoms with Crippen LogP contribution in [-0.2, 0) is 0 Å². The lowest BCUT2D eigenvalue weighted by atomic mass is 9.96. The van der Waals surface area contributed by atoms with Crippen molar-refractivity contribution in [1.29, 1.82) is 0 Å². The Kier molecular flexibility index (Phi) is 4.43. The summed E-state index contributed by atoms with van der Waals surface area (Å²) in [6.07, 6.45) is 1.65. The zero-order valence-electron chi connectivity index (χ0n) is 15.7. The van der Waals surface area contributed by atoms with Gasteiger partial charge in [0.05, 0.1) is 5.69 Å². The van der Waals surface area contributed by atoms with Gasteiger partial charge in [0.25, 0.3) is 5.91 Å². The Labute approximate surface area is 157 Å². The minimum atomic E-state index is -0.0775. The number of aryl methyl sites for hydroxylation is 1. The largest absolute Gasteiger partial charge is 0.361 e. The zero-order valence-corrected chi connectivity index (χ0v) is 15.7. The molecule has 1 aliphatic heterocycles. The molecule has 1 aliphatic rings. The van der Waals surface area contributed by atoms with E-state index in [0.29, 0.717) is 18.8 Å². The van der Waals surface area contributed by atoms with Gasteiger partial charge in [-0.05, 0) is 44.0 Å². The van der Waals surface area contributed by atoms with Crippen LogP contribution in [-0.4, -0.2) is 68.0 Å². The first-order valence-corrected chi connectivity index (χ1v) is 9.02. The van der Waals surface area contributed by atoms with Crippen molar-refractivity contribution in [3.8, 4) is 0 Å². The second kappa shape index (κ2) is 6.90. The fraction of sp³-hybridized carbons (Fsp3) is 0.444. The minimum Gasteiger partial charge on any atom is -0.361 e. The van der Waals surface area contributed by atoms with E-state index in [1.807, 2.05) is 53.5 Å². The Morgan fingerprint density at radius 2 is 1.81 bits per heavy atom.